The Balaban J connectivity index is 1.43. The number of amides is 1. The predicted molar refractivity (Wildman–Crippen MR) is 114 cm³/mol. The van der Waals surface area contributed by atoms with Gasteiger partial charge < -0.3 is 14.5 Å². The smallest absolute Gasteiger partial charge is 0.239 e. The number of hydrogen-bond donors (Lipinski definition) is 0. The Hall–Kier alpha value is -0.650. The van der Waals surface area contributed by atoms with Crippen LogP contribution in [0.25, 0.3) is 0 Å². The molecule has 3 saturated heterocycles. The molecule has 162 valence electrons. The van der Waals surface area contributed by atoms with Crippen LogP contribution in [0.2, 0.25) is 0 Å². The molecule has 0 radical (unpaired) electrons. The van der Waals surface area contributed by atoms with Crippen LogP contribution in [0.4, 0.5) is 0 Å². The van der Waals surface area contributed by atoms with Gasteiger partial charge in [-0.05, 0) is 76.4 Å². The third-order valence-corrected chi connectivity index (χ3v) is 7.09. The molecule has 1 unspecified atom stereocenters. The van der Waals surface area contributed by atoms with Gasteiger partial charge in [-0.1, -0.05) is 20.8 Å². The van der Waals surface area contributed by atoms with Gasteiger partial charge in [-0.2, -0.15) is 0 Å². The quantitative estimate of drug-likeness (QED) is 0.634. The second-order valence-corrected chi connectivity index (χ2v) is 9.58. The summed E-state index contributed by atoms with van der Waals surface area (Å²) in [5.41, 5.74) is 0. The summed E-state index contributed by atoms with van der Waals surface area (Å²) in [6.07, 6.45) is 8.08. The van der Waals surface area contributed by atoms with E-state index in [0.717, 1.165) is 70.5 Å². The van der Waals surface area contributed by atoms with Crippen molar-refractivity contribution < 1.29 is 9.53 Å². The molecule has 1 atom stereocenters. The standard InChI is InChI=1S/C23H43N3O2/c1-4-24(18-19(2)3)13-7-20-8-14-25(15-9-20)23(27)22-6-5-12-26(22)21-10-16-28-17-11-21/h19-22H,4-18H2,1-3H3. The van der Waals surface area contributed by atoms with Crippen LogP contribution < -0.4 is 0 Å². The van der Waals surface area contributed by atoms with E-state index in [1.807, 2.05) is 0 Å². The fourth-order valence-electron chi connectivity index (χ4n) is 5.42. The van der Waals surface area contributed by atoms with Gasteiger partial charge in [0.2, 0.25) is 5.91 Å². The van der Waals surface area contributed by atoms with Gasteiger partial charge in [-0.3, -0.25) is 9.69 Å². The van der Waals surface area contributed by atoms with Crippen LogP contribution in [-0.4, -0.2) is 85.2 Å². The van der Waals surface area contributed by atoms with Crippen molar-refractivity contribution in [2.24, 2.45) is 11.8 Å². The Labute approximate surface area is 172 Å². The zero-order valence-electron chi connectivity index (χ0n) is 18.6. The van der Waals surface area contributed by atoms with Crippen molar-refractivity contribution in [3.05, 3.63) is 0 Å². The van der Waals surface area contributed by atoms with E-state index in [1.165, 1.54) is 38.8 Å². The van der Waals surface area contributed by atoms with E-state index in [2.05, 4.69) is 35.5 Å². The second kappa shape index (κ2) is 10.9. The minimum atomic E-state index is 0.140. The Morgan fingerprint density at radius 1 is 1.07 bits per heavy atom. The highest BCUT2D eigenvalue weighted by Gasteiger charge is 2.38. The monoisotopic (exact) mass is 393 g/mol. The molecule has 0 aromatic heterocycles. The highest BCUT2D eigenvalue weighted by atomic mass is 16.5. The molecular formula is C23H43N3O2. The fraction of sp³-hybridized carbons (Fsp3) is 0.957. The average Bonchev–Trinajstić information content (AvgIpc) is 3.21. The normalized spacial score (nSPS) is 25.9. The Bertz CT molecular complexity index is 470. The molecule has 0 bridgehead atoms. The Morgan fingerprint density at radius 3 is 2.43 bits per heavy atom. The van der Waals surface area contributed by atoms with Gasteiger partial charge in [0, 0.05) is 38.9 Å². The molecular weight excluding hydrogens is 350 g/mol. The Kier molecular flexibility index (Phi) is 8.61. The van der Waals surface area contributed by atoms with Crippen LogP contribution >= 0.6 is 0 Å². The van der Waals surface area contributed by atoms with E-state index in [1.54, 1.807) is 0 Å². The summed E-state index contributed by atoms with van der Waals surface area (Å²) in [5, 5.41) is 0. The molecule has 3 rings (SSSR count). The number of carbonyl (C=O) groups excluding carboxylic acids is 1. The first-order valence-corrected chi connectivity index (χ1v) is 11.9. The maximum atomic E-state index is 13.2. The van der Waals surface area contributed by atoms with Crippen LogP contribution in [0.15, 0.2) is 0 Å². The molecule has 0 aromatic carbocycles. The van der Waals surface area contributed by atoms with Crippen LogP contribution in [0, 0.1) is 11.8 Å². The summed E-state index contributed by atoms with van der Waals surface area (Å²) in [4.78, 5) is 20.5. The first-order valence-electron chi connectivity index (χ1n) is 11.9. The minimum Gasteiger partial charge on any atom is -0.381 e. The summed E-state index contributed by atoms with van der Waals surface area (Å²) in [6.45, 7) is 15.2. The van der Waals surface area contributed by atoms with Gasteiger partial charge in [-0.25, -0.2) is 0 Å². The average molecular weight is 394 g/mol. The summed E-state index contributed by atoms with van der Waals surface area (Å²) in [6, 6.07) is 0.699. The lowest BCUT2D eigenvalue weighted by molar-refractivity contribution is -0.139. The molecule has 1 amide bonds. The zero-order valence-corrected chi connectivity index (χ0v) is 18.6. The molecule has 0 aromatic rings. The number of carbonyl (C=O) groups is 1. The van der Waals surface area contributed by atoms with E-state index >= 15 is 0 Å². The van der Waals surface area contributed by atoms with Gasteiger partial charge in [0.05, 0.1) is 6.04 Å². The van der Waals surface area contributed by atoms with Crippen molar-refractivity contribution in [1.82, 2.24) is 14.7 Å². The van der Waals surface area contributed by atoms with Gasteiger partial charge in [0.25, 0.3) is 0 Å². The van der Waals surface area contributed by atoms with E-state index in [0.29, 0.717) is 11.9 Å². The number of hydrogen-bond acceptors (Lipinski definition) is 4. The fourth-order valence-corrected chi connectivity index (χ4v) is 5.42. The number of rotatable bonds is 8. The number of piperidine rings is 1. The van der Waals surface area contributed by atoms with Crippen LogP contribution in [-0.2, 0) is 9.53 Å². The van der Waals surface area contributed by atoms with Crippen LogP contribution in [0.3, 0.4) is 0 Å². The predicted octanol–water partition coefficient (Wildman–Crippen LogP) is 3.24. The highest BCUT2D eigenvalue weighted by molar-refractivity contribution is 5.82. The topological polar surface area (TPSA) is 36.0 Å². The van der Waals surface area contributed by atoms with Crippen LogP contribution in [0.1, 0.15) is 65.7 Å². The third kappa shape index (κ3) is 5.93. The highest BCUT2D eigenvalue weighted by Crippen LogP contribution is 2.28. The lowest BCUT2D eigenvalue weighted by Crippen LogP contribution is -2.52. The maximum Gasteiger partial charge on any atom is 0.239 e. The molecule has 0 aliphatic carbocycles. The first-order chi connectivity index (χ1) is 13.6. The molecule has 0 spiro atoms. The summed E-state index contributed by atoms with van der Waals surface area (Å²) in [7, 11) is 0. The summed E-state index contributed by atoms with van der Waals surface area (Å²) in [5.74, 6) is 1.95. The summed E-state index contributed by atoms with van der Waals surface area (Å²) >= 11 is 0. The van der Waals surface area contributed by atoms with Crippen molar-refractivity contribution in [3.8, 4) is 0 Å². The molecule has 3 aliphatic rings. The lowest BCUT2D eigenvalue weighted by atomic mass is 9.92. The largest absolute Gasteiger partial charge is 0.381 e. The van der Waals surface area contributed by atoms with E-state index in [9.17, 15) is 4.79 Å². The number of likely N-dealkylation sites (tertiary alicyclic amines) is 2. The van der Waals surface area contributed by atoms with Gasteiger partial charge in [-0.15, -0.1) is 0 Å². The van der Waals surface area contributed by atoms with E-state index in [-0.39, 0.29) is 6.04 Å². The number of ether oxygens (including phenoxy) is 1. The van der Waals surface area contributed by atoms with Crippen molar-refractivity contribution >= 4 is 5.91 Å². The van der Waals surface area contributed by atoms with E-state index < -0.39 is 0 Å². The van der Waals surface area contributed by atoms with Crippen molar-refractivity contribution in [2.75, 3.05) is 52.5 Å². The molecule has 0 N–H and O–H groups in total. The third-order valence-electron chi connectivity index (χ3n) is 7.09. The SMILES string of the molecule is CCN(CCC1CCN(C(=O)C2CCCN2C2CCOCC2)CC1)CC(C)C. The molecule has 5 heteroatoms. The second-order valence-electron chi connectivity index (χ2n) is 9.58. The number of nitrogens with zero attached hydrogens (tertiary/aromatic N) is 3. The van der Waals surface area contributed by atoms with Gasteiger partial charge >= 0.3 is 0 Å². The molecule has 3 heterocycles. The maximum absolute atomic E-state index is 13.2. The van der Waals surface area contributed by atoms with E-state index in [4.69, 9.17) is 4.74 Å². The minimum absolute atomic E-state index is 0.140. The van der Waals surface area contributed by atoms with Crippen molar-refractivity contribution in [1.29, 1.82) is 0 Å². The molecule has 5 nitrogen and oxygen atoms in total. The Morgan fingerprint density at radius 2 is 1.79 bits per heavy atom. The van der Waals surface area contributed by atoms with Gasteiger partial charge in [0.1, 0.15) is 0 Å². The van der Waals surface area contributed by atoms with Crippen molar-refractivity contribution in [3.63, 3.8) is 0 Å². The zero-order chi connectivity index (χ0) is 19.9. The molecule has 0 saturated carbocycles. The molecule has 28 heavy (non-hydrogen) atoms. The molecule has 3 aliphatic heterocycles. The van der Waals surface area contributed by atoms with Crippen LogP contribution in [0.5, 0.6) is 0 Å². The molecule has 3 fully saturated rings. The van der Waals surface area contributed by atoms with Crippen molar-refractivity contribution in [2.45, 2.75) is 77.8 Å². The van der Waals surface area contributed by atoms with Gasteiger partial charge in [0.15, 0.2) is 0 Å². The summed E-state index contributed by atoms with van der Waals surface area (Å²) < 4.78 is 5.53. The first kappa shape index (κ1) is 22.0. The lowest BCUT2D eigenvalue weighted by Gasteiger charge is -2.39.